The zero-order chi connectivity index (χ0) is 17.8. The summed E-state index contributed by atoms with van der Waals surface area (Å²) in [6, 6.07) is 7.37. The van der Waals surface area contributed by atoms with Crippen molar-refractivity contribution in [1.29, 1.82) is 0 Å². The van der Waals surface area contributed by atoms with Gasteiger partial charge < -0.3 is 14.4 Å². The van der Waals surface area contributed by atoms with Crippen LogP contribution in [0.15, 0.2) is 29.6 Å². The summed E-state index contributed by atoms with van der Waals surface area (Å²) in [5.74, 6) is 0.178. The lowest BCUT2D eigenvalue weighted by Crippen LogP contribution is -2.32. The Hall–Kier alpha value is -2.41. The minimum atomic E-state index is -0.429. The molecule has 0 atom stereocenters. The number of carbonyl (C=O) groups excluding carboxylic acids is 2. The van der Waals surface area contributed by atoms with Crippen LogP contribution in [0.5, 0.6) is 5.75 Å². The summed E-state index contributed by atoms with van der Waals surface area (Å²) < 4.78 is 10.2. The van der Waals surface area contributed by atoms with Gasteiger partial charge in [-0.3, -0.25) is 4.79 Å². The highest BCUT2D eigenvalue weighted by Gasteiger charge is 2.34. The van der Waals surface area contributed by atoms with Crippen LogP contribution in [-0.2, 0) is 11.3 Å². The van der Waals surface area contributed by atoms with Crippen molar-refractivity contribution in [3.05, 3.63) is 45.9 Å². The van der Waals surface area contributed by atoms with Crippen LogP contribution in [0.25, 0.3) is 0 Å². The lowest BCUT2D eigenvalue weighted by Gasteiger charge is -2.21. The van der Waals surface area contributed by atoms with E-state index in [-0.39, 0.29) is 11.9 Å². The van der Waals surface area contributed by atoms with E-state index in [4.69, 9.17) is 9.47 Å². The highest BCUT2D eigenvalue weighted by molar-refractivity contribution is 7.09. The number of benzene rings is 1. The van der Waals surface area contributed by atoms with Gasteiger partial charge in [0.2, 0.25) is 0 Å². The number of carbonyl (C=O) groups is 2. The number of methoxy groups -OCH3 is 1. The molecule has 0 unspecified atom stereocenters. The summed E-state index contributed by atoms with van der Waals surface area (Å²) in [6.07, 6.45) is 1.98. The van der Waals surface area contributed by atoms with E-state index in [1.165, 1.54) is 11.3 Å². The van der Waals surface area contributed by atoms with E-state index < -0.39 is 5.97 Å². The van der Waals surface area contributed by atoms with Gasteiger partial charge in [0, 0.05) is 17.0 Å². The fourth-order valence-electron chi connectivity index (χ4n) is 2.50. The van der Waals surface area contributed by atoms with E-state index in [0.29, 0.717) is 30.2 Å². The molecule has 0 bridgehead atoms. The van der Waals surface area contributed by atoms with E-state index in [1.807, 2.05) is 11.0 Å². The van der Waals surface area contributed by atoms with Gasteiger partial charge in [-0.2, -0.15) is 0 Å². The largest absolute Gasteiger partial charge is 0.497 e. The Bertz CT molecular complexity index is 770. The topological polar surface area (TPSA) is 68.7 Å². The van der Waals surface area contributed by atoms with Gasteiger partial charge in [-0.05, 0) is 38.0 Å². The second-order valence-electron chi connectivity index (χ2n) is 5.74. The molecule has 0 radical (unpaired) electrons. The van der Waals surface area contributed by atoms with Crippen molar-refractivity contribution in [2.45, 2.75) is 32.4 Å². The van der Waals surface area contributed by atoms with E-state index in [0.717, 1.165) is 17.8 Å². The third-order valence-corrected chi connectivity index (χ3v) is 4.74. The summed E-state index contributed by atoms with van der Waals surface area (Å²) in [5.41, 5.74) is 0.889. The Labute approximate surface area is 150 Å². The van der Waals surface area contributed by atoms with Crippen molar-refractivity contribution in [2.75, 3.05) is 13.7 Å². The second-order valence-corrected chi connectivity index (χ2v) is 6.69. The number of hydrogen-bond donors (Lipinski definition) is 0. The van der Waals surface area contributed by atoms with Crippen LogP contribution in [-0.4, -0.2) is 41.5 Å². The molecular formula is C18H20N2O4S. The molecule has 132 valence electrons. The first-order chi connectivity index (χ1) is 12.1. The number of esters is 1. The van der Waals surface area contributed by atoms with Crippen molar-refractivity contribution in [1.82, 2.24) is 9.88 Å². The molecular weight excluding hydrogens is 340 g/mol. The molecule has 1 saturated carbocycles. The molecule has 0 spiro atoms. The van der Waals surface area contributed by atoms with E-state index in [2.05, 4.69) is 4.98 Å². The van der Waals surface area contributed by atoms with Gasteiger partial charge in [0.05, 0.1) is 20.3 Å². The standard InChI is InChI=1S/C18H20N2O4S/c1-3-24-18(22)15-11-25-16(19-15)10-20(13-7-8-13)17(21)12-5-4-6-14(9-12)23-2/h4-6,9,11,13H,3,7-8,10H2,1-2H3. The van der Waals surface area contributed by atoms with E-state index in [9.17, 15) is 9.59 Å². The third-order valence-electron chi connectivity index (χ3n) is 3.91. The predicted molar refractivity (Wildman–Crippen MR) is 94.0 cm³/mol. The Morgan fingerprint density at radius 1 is 1.36 bits per heavy atom. The van der Waals surface area contributed by atoms with E-state index >= 15 is 0 Å². The van der Waals surface area contributed by atoms with Crippen LogP contribution in [0.1, 0.15) is 45.6 Å². The molecule has 0 aliphatic heterocycles. The fourth-order valence-corrected chi connectivity index (χ4v) is 3.26. The summed E-state index contributed by atoms with van der Waals surface area (Å²) >= 11 is 1.37. The van der Waals surface area contributed by atoms with Crippen LogP contribution in [0, 0.1) is 0 Å². The highest BCUT2D eigenvalue weighted by atomic mass is 32.1. The molecule has 1 aromatic heterocycles. The maximum absolute atomic E-state index is 12.9. The van der Waals surface area contributed by atoms with Crippen molar-refractivity contribution in [2.24, 2.45) is 0 Å². The predicted octanol–water partition coefficient (Wildman–Crippen LogP) is 3.13. The molecule has 3 rings (SSSR count). The van der Waals surface area contributed by atoms with Crippen molar-refractivity contribution >= 4 is 23.2 Å². The van der Waals surface area contributed by atoms with Gasteiger partial charge in [0.25, 0.3) is 5.91 Å². The van der Waals surface area contributed by atoms with Gasteiger partial charge in [0.15, 0.2) is 5.69 Å². The first-order valence-electron chi connectivity index (χ1n) is 8.19. The molecule has 1 fully saturated rings. The lowest BCUT2D eigenvalue weighted by atomic mass is 10.2. The van der Waals surface area contributed by atoms with Crippen molar-refractivity contribution in [3.63, 3.8) is 0 Å². The van der Waals surface area contributed by atoms with Gasteiger partial charge in [-0.1, -0.05) is 6.07 Å². The average Bonchev–Trinajstić information content (AvgIpc) is 3.37. The SMILES string of the molecule is CCOC(=O)c1csc(CN(C(=O)c2cccc(OC)c2)C2CC2)n1. The Balaban J connectivity index is 1.75. The maximum Gasteiger partial charge on any atom is 0.357 e. The third kappa shape index (κ3) is 4.17. The lowest BCUT2D eigenvalue weighted by molar-refractivity contribution is 0.0520. The number of aromatic nitrogens is 1. The minimum absolute atomic E-state index is 0.0470. The Kier molecular flexibility index (Phi) is 5.33. The van der Waals surface area contributed by atoms with Gasteiger partial charge >= 0.3 is 5.97 Å². The highest BCUT2D eigenvalue weighted by Crippen LogP contribution is 2.31. The second kappa shape index (κ2) is 7.65. The molecule has 1 heterocycles. The number of ether oxygens (including phenoxy) is 2. The maximum atomic E-state index is 12.9. The average molecular weight is 360 g/mol. The normalized spacial score (nSPS) is 13.4. The van der Waals surface area contributed by atoms with Crippen molar-refractivity contribution in [3.8, 4) is 5.75 Å². The quantitative estimate of drug-likeness (QED) is 0.710. The van der Waals surface area contributed by atoms with Gasteiger partial charge in [0.1, 0.15) is 10.8 Å². The summed E-state index contributed by atoms with van der Waals surface area (Å²) in [7, 11) is 1.58. The zero-order valence-corrected chi connectivity index (χ0v) is 15.0. The van der Waals surface area contributed by atoms with Crippen LogP contribution < -0.4 is 4.74 Å². The molecule has 1 aliphatic rings. The zero-order valence-electron chi connectivity index (χ0n) is 14.2. The first kappa shape index (κ1) is 17.4. The first-order valence-corrected chi connectivity index (χ1v) is 9.07. The van der Waals surface area contributed by atoms with Crippen LogP contribution >= 0.6 is 11.3 Å². The number of nitrogens with zero attached hydrogens (tertiary/aromatic N) is 2. The Morgan fingerprint density at radius 3 is 2.84 bits per heavy atom. The van der Waals surface area contributed by atoms with Crippen molar-refractivity contribution < 1.29 is 19.1 Å². The smallest absolute Gasteiger partial charge is 0.357 e. The molecule has 0 saturated heterocycles. The van der Waals surface area contributed by atoms with Crippen LogP contribution in [0.2, 0.25) is 0 Å². The van der Waals surface area contributed by atoms with Crippen LogP contribution in [0.3, 0.4) is 0 Å². The fraction of sp³-hybridized carbons (Fsp3) is 0.389. The molecule has 1 aliphatic carbocycles. The molecule has 7 heteroatoms. The van der Waals surface area contributed by atoms with Gasteiger partial charge in [-0.15, -0.1) is 11.3 Å². The molecule has 2 aromatic rings. The number of thiazole rings is 1. The monoisotopic (exact) mass is 360 g/mol. The van der Waals surface area contributed by atoms with Crippen LogP contribution in [0.4, 0.5) is 0 Å². The summed E-state index contributed by atoms with van der Waals surface area (Å²) in [5, 5.41) is 2.40. The van der Waals surface area contributed by atoms with Gasteiger partial charge in [-0.25, -0.2) is 9.78 Å². The van der Waals surface area contributed by atoms with E-state index in [1.54, 1.807) is 37.6 Å². The molecule has 6 nitrogen and oxygen atoms in total. The molecule has 0 N–H and O–H groups in total. The number of rotatable bonds is 7. The summed E-state index contributed by atoms with van der Waals surface area (Å²) in [4.78, 5) is 30.8. The molecule has 1 aromatic carbocycles. The Morgan fingerprint density at radius 2 is 2.16 bits per heavy atom. The molecule has 1 amide bonds. The molecule has 25 heavy (non-hydrogen) atoms. The number of hydrogen-bond acceptors (Lipinski definition) is 6. The summed E-state index contributed by atoms with van der Waals surface area (Å²) in [6.45, 7) is 2.46. The number of amides is 1. The minimum Gasteiger partial charge on any atom is -0.497 e.